The van der Waals surface area contributed by atoms with Crippen LogP contribution in [0.15, 0.2) is 34.8 Å². The molecule has 0 aliphatic rings. The van der Waals surface area contributed by atoms with Crippen molar-refractivity contribution in [2.24, 2.45) is 0 Å². The molecule has 1 atom stereocenters. The largest absolute Gasteiger partial charge is 0.496 e. The molecule has 1 aromatic heterocycles. The van der Waals surface area contributed by atoms with Crippen molar-refractivity contribution in [1.82, 2.24) is 5.32 Å². The Labute approximate surface area is 137 Å². The molecule has 2 rings (SSSR count). The summed E-state index contributed by atoms with van der Waals surface area (Å²) >= 11 is 5.17. The smallest absolute Gasteiger partial charge is 0.251 e. The number of rotatable bonds is 5. The van der Waals surface area contributed by atoms with Gasteiger partial charge in [0.25, 0.3) is 5.91 Å². The van der Waals surface area contributed by atoms with Crippen molar-refractivity contribution < 1.29 is 9.53 Å². The zero-order valence-electron chi connectivity index (χ0n) is 12.3. The second-order valence-electron chi connectivity index (χ2n) is 4.94. The Morgan fingerprint density at radius 2 is 2.14 bits per heavy atom. The van der Waals surface area contributed by atoms with Gasteiger partial charge in [-0.2, -0.15) is 0 Å². The van der Waals surface area contributed by atoms with E-state index in [0.717, 1.165) is 10.9 Å². The maximum Gasteiger partial charge on any atom is 0.251 e. The standard InChI is InChI=1S/C16H18BrNO2S/c1-10(8-13-6-4-11(2)21-13)18-16(19)12-5-7-15(20-3)14(17)9-12/h4-7,9-10H,8H2,1-3H3,(H,18,19). The van der Waals surface area contributed by atoms with E-state index in [2.05, 4.69) is 40.3 Å². The first-order valence-corrected chi connectivity index (χ1v) is 8.30. The molecule has 0 saturated carbocycles. The third-order valence-electron chi connectivity index (χ3n) is 3.09. The van der Waals surface area contributed by atoms with Crippen molar-refractivity contribution in [2.75, 3.05) is 7.11 Å². The summed E-state index contributed by atoms with van der Waals surface area (Å²) in [5.41, 5.74) is 0.622. The normalized spacial score (nSPS) is 12.0. The molecule has 0 aliphatic carbocycles. The highest BCUT2D eigenvalue weighted by Crippen LogP contribution is 2.25. The molecular weight excluding hydrogens is 350 g/mol. The molecule has 0 fully saturated rings. The lowest BCUT2D eigenvalue weighted by Gasteiger charge is -2.13. The number of methoxy groups -OCH3 is 1. The molecule has 5 heteroatoms. The van der Waals surface area contributed by atoms with E-state index in [-0.39, 0.29) is 11.9 Å². The van der Waals surface area contributed by atoms with Gasteiger partial charge in [-0.25, -0.2) is 0 Å². The van der Waals surface area contributed by atoms with E-state index in [1.807, 2.05) is 6.92 Å². The van der Waals surface area contributed by atoms with Crippen molar-refractivity contribution in [3.8, 4) is 5.75 Å². The van der Waals surface area contributed by atoms with E-state index in [0.29, 0.717) is 11.3 Å². The summed E-state index contributed by atoms with van der Waals surface area (Å²) in [6, 6.07) is 9.64. The van der Waals surface area contributed by atoms with Crippen LogP contribution in [0.4, 0.5) is 0 Å². The van der Waals surface area contributed by atoms with Crippen molar-refractivity contribution >= 4 is 33.2 Å². The van der Waals surface area contributed by atoms with Crippen molar-refractivity contribution in [1.29, 1.82) is 0 Å². The van der Waals surface area contributed by atoms with Gasteiger partial charge in [0.05, 0.1) is 11.6 Å². The Kier molecular flexibility index (Phi) is 5.42. The number of amides is 1. The summed E-state index contributed by atoms with van der Waals surface area (Å²) in [6.45, 7) is 4.11. The number of carbonyl (C=O) groups is 1. The minimum Gasteiger partial charge on any atom is -0.496 e. The van der Waals surface area contributed by atoms with Crippen LogP contribution >= 0.6 is 27.3 Å². The monoisotopic (exact) mass is 367 g/mol. The maximum absolute atomic E-state index is 12.2. The fraction of sp³-hybridized carbons (Fsp3) is 0.312. The highest BCUT2D eigenvalue weighted by molar-refractivity contribution is 9.10. The Balaban J connectivity index is 1.98. The van der Waals surface area contributed by atoms with Crippen LogP contribution in [-0.2, 0) is 6.42 Å². The first kappa shape index (κ1) is 16.0. The van der Waals surface area contributed by atoms with Crippen LogP contribution in [0.5, 0.6) is 5.75 Å². The van der Waals surface area contributed by atoms with Crippen LogP contribution in [0.25, 0.3) is 0 Å². The fourth-order valence-electron chi connectivity index (χ4n) is 2.06. The van der Waals surface area contributed by atoms with E-state index < -0.39 is 0 Å². The zero-order chi connectivity index (χ0) is 15.4. The minimum atomic E-state index is -0.0702. The summed E-state index contributed by atoms with van der Waals surface area (Å²) in [5.74, 6) is 0.646. The number of thiophene rings is 1. The van der Waals surface area contributed by atoms with Gasteiger partial charge in [0.2, 0.25) is 0 Å². The number of benzene rings is 1. The third-order valence-corrected chi connectivity index (χ3v) is 4.74. The fourth-order valence-corrected chi connectivity index (χ4v) is 3.62. The van der Waals surface area contributed by atoms with Gasteiger partial charge in [0.1, 0.15) is 5.75 Å². The van der Waals surface area contributed by atoms with E-state index >= 15 is 0 Å². The van der Waals surface area contributed by atoms with Gasteiger partial charge in [-0.1, -0.05) is 0 Å². The number of aryl methyl sites for hydroxylation is 1. The molecule has 1 N–H and O–H groups in total. The van der Waals surface area contributed by atoms with Crippen LogP contribution < -0.4 is 10.1 Å². The van der Waals surface area contributed by atoms with Gasteiger partial charge in [0.15, 0.2) is 0 Å². The molecule has 0 bridgehead atoms. The van der Waals surface area contributed by atoms with E-state index in [4.69, 9.17) is 4.74 Å². The zero-order valence-corrected chi connectivity index (χ0v) is 14.7. The summed E-state index contributed by atoms with van der Waals surface area (Å²) in [5, 5.41) is 3.02. The molecule has 0 saturated heterocycles. The van der Waals surface area contributed by atoms with Gasteiger partial charge in [-0.15, -0.1) is 11.3 Å². The lowest BCUT2D eigenvalue weighted by molar-refractivity contribution is 0.0940. The van der Waals surface area contributed by atoms with Gasteiger partial charge >= 0.3 is 0 Å². The van der Waals surface area contributed by atoms with Gasteiger partial charge in [0, 0.05) is 27.8 Å². The Morgan fingerprint density at radius 3 is 2.71 bits per heavy atom. The van der Waals surface area contributed by atoms with Crippen LogP contribution in [0.3, 0.4) is 0 Å². The molecule has 1 heterocycles. The molecule has 112 valence electrons. The number of carbonyl (C=O) groups excluding carboxylic acids is 1. The predicted molar refractivity (Wildman–Crippen MR) is 90.4 cm³/mol. The quantitative estimate of drug-likeness (QED) is 0.860. The first-order valence-electron chi connectivity index (χ1n) is 6.69. The number of hydrogen-bond acceptors (Lipinski definition) is 3. The first-order chi connectivity index (χ1) is 9.99. The van der Waals surface area contributed by atoms with Crippen LogP contribution in [-0.4, -0.2) is 19.1 Å². The third kappa shape index (κ3) is 4.32. The molecule has 2 aromatic rings. The van der Waals surface area contributed by atoms with Gasteiger partial charge in [-0.3, -0.25) is 4.79 Å². The SMILES string of the molecule is COc1ccc(C(=O)NC(C)Cc2ccc(C)s2)cc1Br. The summed E-state index contributed by atoms with van der Waals surface area (Å²) in [4.78, 5) is 14.8. The van der Waals surface area contributed by atoms with Crippen LogP contribution in [0, 0.1) is 6.92 Å². The number of hydrogen-bond donors (Lipinski definition) is 1. The van der Waals surface area contributed by atoms with Crippen molar-refractivity contribution in [3.05, 3.63) is 50.1 Å². The van der Waals surface area contributed by atoms with Crippen LogP contribution in [0.1, 0.15) is 27.0 Å². The Bertz CT molecular complexity index is 639. The molecule has 0 spiro atoms. The molecule has 3 nitrogen and oxygen atoms in total. The second kappa shape index (κ2) is 7.09. The average molecular weight is 368 g/mol. The van der Waals surface area contributed by atoms with Gasteiger partial charge in [-0.05, 0) is 60.1 Å². The number of halogens is 1. The lowest BCUT2D eigenvalue weighted by Crippen LogP contribution is -2.33. The molecule has 21 heavy (non-hydrogen) atoms. The predicted octanol–water partition coefficient (Wildman–Crippen LogP) is 4.19. The summed E-state index contributed by atoms with van der Waals surface area (Å²) < 4.78 is 5.94. The molecule has 1 aromatic carbocycles. The van der Waals surface area contributed by atoms with Crippen LogP contribution in [0.2, 0.25) is 0 Å². The minimum absolute atomic E-state index is 0.0702. The molecule has 1 unspecified atom stereocenters. The molecule has 0 radical (unpaired) electrons. The second-order valence-corrected chi connectivity index (χ2v) is 7.17. The Morgan fingerprint density at radius 1 is 1.38 bits per heavy atom. The summed E-state index contributed by atoms with van der Waals surface area (Å²) in [6.07, 6.45) is 0.849. The molecular formula is C16H18BrNO2S. The molecule has 1 amide bonds. The number of nitrogens with one attached hydrogen (secondary N) is 1. The van der Waals surface area contributed by atoms with Gasteiger partial charge < -0.3 is 10.1 Å². The Hall–Kier alpha value is -1.33. The maximum atomic E-state index is 12.2. The topological polar surface area (TPSA) is 38.3 Å². The average Bonchev–Trinajstić information content (AvgIpc) is 2.83. The molecule has 0 aliphatic heterocycles. The summed E-state index contributed by atoms with van der Waals surface area (Å²) in [7, 11) is 1.60. The highest BCUT2D eigenvalue weighted by atomic mass is 79.9. The van der Waals surface area contributed by atoms with E-state index in [1.54, 1.807) is 36.6 Å². The van der Waals surface area contributed by atoms with Crippen molar-refractivity contribution in [3.63, 3.8) is 0 Å². The van der Waals surface area contributed by atoms with E-state index in [9.17, 15) is 4.79 Å². The van der Waals surface area contributed by atoms with E-state index in [1.165, 1.54) is 9.75 Å². The number of ether oxygens (including phenoxy) is 1. The highest BCUT2D eigenvalue weighted by Gasteiger charge is 2.12. The lowest BCUT2D eigenvalue weighted by atomic mass is 10.1. The van der Waals surface area contributed by atoms with Crippen molar-refractivity contribution in [2.45, 2.75) is 26.3 Å².